The van der Waals surface area contributed by atoms with Gasteiger partial charge in [-0.05, 0) is 96.5 Å². The third kappa shape index (κ3) is 3.76. The summed E-state index contributed by atoms with van der Waals surface area (Å²) in [4.78, 5) is 4.64. The molecule has 3 aromatic heterocycles. The third-order valence-corrected chi connectivity index (χ3v) is 12.1. The van der Waals surface area contributed by atoms with Crippen LogP contribution in [0.1, 0.15) is 25.0 Å². The number of benzene rings is 8. The molecular formula is C50H32N2O. The number of nitrogens with zero attached hydrogens (tertiary/aromatic N) is 2. The quantitative estimate of drug-likeness (QED) is 0.171. The molecule has 3 heteroatoms. The van der Waals surface area contributed by atoms with Crippen LogP contribution in [0, 0.1) is 0 Å². The standard InChI is InChI=1S/C50H32N2O/c1-50(2)42-23-22-37-34-12-4-3-10-32(34)33-11-5-6-14-36(33)47(37)48(42)40-26-39-41-28-51-25-24-44(41)52(45(39)27-43(40)50)30-20-18-29(19-21-30)31-15-9-16-38-35-13-7-8-17-46(35)53-49(31)38/h3-28H,1-2H3. The van der Waals surface area contributed by atoms with Crippen LogP contribution in [0.2, 0.25) is 0 Å². The summed E-state index contributed by atoms with van der Waals surface area (Å²) in [5, 5.41) is 12.5. The number of fused-ring (bicyclic) bond motifs is 16. The van der Waals surface area contributed by atoms with Crippen LogP contribution in [0.4, 0.5) is 0 Å². The first-order valence-electron chi connectivity index (χ1n) is 18.4. The van der Waals surface area contributed by atoms with Gasteiger partial charge in [0.2, 0.25) is 0 Å². The summed E-state index contributed by atoms with van der Waals surface area (Å²) in [5.74, 6) is 0. The number of hydrogen-bond donors (Lipinski definition) is 0. The van der Waals surface area contributed by atoms with E-state index >= 15 is 0 Å². The van der Waals surface area contributed by atoms with Crippen molar-refractivity contribution in [1.29, 1.82) is 0 Å². The van der Waals surface area contributed by atoms with Crippen LogP contribution in [0.15, 0.2) is 162 Å². The second-order valence-electron chi connectivity index (χ2n) is 15.1. The van der Waals surface area contributed by atoms with Crippen LogP contribution in [-0.2, 0) is 5.41 Å². The Morgan fingerprint density at radius 1 is 0.509 bits per heavy atom. The minimum atomic E-state index is -0.186. The predicted octanol–water partition coefficient (Wildman–Crippen LogP) is 13.5. The molecule has 0 atom stereocenters. The Morgan fingerprint density at radius 3 is 1.98 bits per heavy atom. The van der Waals surface area contributed by atoms with Gasteiger partial charge in [0.05, 0.1) is 11.0 Å². The molecule has 11 aromatic rings. The van der Waals surface area contributed by atoms with Crippen molar-refractivity contribution < 1.29 is 4.42 Å². The Morgan fingerprint density at radius 2 is 1.19 bits per heavy atom. The van der Waals surface area contributed by atoms with E-state index in [9.17, 15) is 0 Å². The Kier molecular flexibility index (Phi) is 5.57. The molecule has 3 nitrogen and oxygen atoms in total. The first kappa shape index (κ1) is 28.9. The highest BCUT2D eigenvalue weighted by Gasteiger charge is 2.38. The van der Waals surface area contributed by atoms with Crippen molar-refractivity contribution in [2.24, 2.45) is 0 Å². The lowest BCUT2D eigenvalue weighted by Crippen LogP contribution is -2.15. The molecule has 0 spiro atoms. The Labute approximate surface area is 305 Å². The monoisotopic (exact) mass is 676 g/mol. The molecule has 248 valence electrons. The van der Waals surface area contributed by atoms with Gasteiger partial charge >= 0.3 is 0 Å². The highest BCUT2D eigenvalue weighted by atomic mass is 16.3. The summed E-state index contributed by atoms with van der Waals surface area (Å²) in [6, 6.07) is 53.3. The zero-order chi connectivity index (χ0) is 35.0. The van der Waals surface area contributed by atoms with Crippen LogP contribution in [0.3, 0.4) is 0 Å². The Balaban J connectivity index is 1.10. The third-order valence-electron chi connectivity index (χ3n) is 12.1. The van der Waals surface area contributed by atoms with Gasteiger partial charge in [-0.25, -0.2) is 0 Å². The summed E-state index contributed by atoms with van der Waals surface area (Å²) in [6.07, 6.45) is 3.94. The summed E-state index contributed by atoms with van der Waals surface area (Å²) in [5.41, 5.74) is 12.8. The number of rotatable bonds is 2. The van der Waals surface area contributed by atoms with Gasteiger partial charge in [0, 0.05) is 50.6 Å². The van der Waals surface area contributed by atoms with Crippen LogP contribution < -0.4 is 0 Å². The van der Waals surface area contributed by atoms with E-state index in [-0.39, 0.29) is 5.41 Å². The van der Waals surface area contributed by atoms with E-state index in [4.69, 9.17) is 4.42 Å². The maximum Gasteiger partial charge on any atom is 0.143 e. The molecule has 1 aliphatic rings. The molecule has 1 aliphatic carbocycles. The molecule has 0 aliphatic heterocycles. The molecule has 8 aromatic carbocycles. The highest BCUT2D eigenvalue weighted by Crippen LogP contribution is 2.55. The van der Waals surface area contributed by atoms with Crippen LogP contribution in [0.5, 0.6) is 0 Å². The zero-order valence-electron chi connectivity index (χ0n) is 29.3. The molecule has 3 heterocycles. The average molecular weight is 677 g/mol. The van der Waals surface area contributed by atoms with Gasteiger partial charge < -0.3 is 8.98 Å². The molecule has 0 bridgehead atoms. The van der Waals surface area contributed by atoms with Gasteiger partial charge in [-0.15, -0.1) is 0 Å². The minimum absolute atomic E-state index is 0.186. The molecule has 0 saturated heterocycles. The van der Waals surface area contributed by atoms with Crippen molar-refractivity contribution in [3.8, 4) is 27.9 Å². The summed E-state index contributed by atoms with van der Waals surface area (Å²) >= 11 is 0. The molecule has 0 unspecified atom stereocenters. The summed E-state index contributed by atoms with van der Waals surface area (Å²) in [6.45, 7) is 4.78. The minimum Gasteiger partial charge on any atom is -0.455 e. The fourth-order valence-electron chi connectivity index (χ4n) is 9.62. The first-order valence-corrected chi connectivity index (χ1v) is 18.4. The second kappa shape index (κ2) is 10.2. The fraction of sp³-hybridized carbons (Fsp3) is 0.0600. The van der Waals surface area contributed by atoms with E-state index in [0.29, 0.717) is 0 Å². The van der Waals surface area contributed by atoms with Crippen molar-refractivity contribution >= 4 is 76.1 Å². The number of hydrogen-bond acceptors (Lipinski definition) is 2. The molecule has 0 amide bonds. The smallest absolute Gasteiger partial charge is 0.143 e. The van der Waals surface area contributed by atoms with Crippen LogP contribution in [-0.4, -0.2) is 9.55 Å². The number of aromatic nitrogens is 2. The van der Waals surface area contributed by atoms with E-state index in [1.807, 2.05) is 24.5 Å². The largest absolute Gasteiger partial charge is 0.455 e. The van der Waals surface area contributed by atoms with Gasteiger partial charge in [-0.3, -0.25) is 4.98 Å². The molecule has 12 rings (SSSR count). The number of para-hydroxylation sites is 2. The number of furan rings is 1. The van der Waals surface area contributed by atoms with Crippen molar-refractivity contribution in [3.05, 3.63) is 169 Å². The van der Waals surface area contributed by atoms with Crippen LogP contribution >= 0.6 is 0 Å². The second-order valence-corrected chi connectivity index (χ2v) is 15.1. The van der Waals surface area contributed by atoms with Gasteiger partial charge in [-0.2, -0.15) is 0 Å². The maximum absolute atomic E-state index is 6.40. The van der Waals surface area contributed by atoms with Crippen molar-refractivity contribution in [2.75, 3.05) is 0 Å². The highest BCUT2D eigenvalue weighted by molar-refractivity contribution is 6.29. The lowest BCUT2D eigenvalue weighted by Gasteiger charge is -2.22. The molecular weight excluding hydrogens is 645 g/mol. The lowest BCUT2D eigenvalue weighted by molar-refractivity contribution is 0.661. The van der Waals surface area contributed by atoms with Crippen LogP contribution in [0.25, 0.3) is 104 Å². The first-order chi connectivity index (χ1) is 26.1. The molecule has 0 saturated carbocycles. The molecule has 0 N–H and O–H groups in total. The van der Waals surface area contributed by atoms with Crippen molar-refractivity contribution in [1.82, 2.24) is 9.55 Å². The van der Waals surface area contributed by atoms with E-state index in [1.165, 1.54) is 65.5 Å². The average Bonchev–Trinajstić information content (AvgIpc) is 3.82. The lowest BCUT2D eigenvalue weighted by atomic mass is 9.81. The summed E-state index contributed by atoms with van der Waals surface area (Å²) in [7, 11) is 0. The van der Waals surface area contributed by atoms with E-state index in [1.54, 1.807) is 0 Å². The van der Waals surface area contributed by atoms with E-state index in [2.05, 4.69) is 157 Å². The fourth-order valence-corrected chi connectivity index (χ4v) is 9.62. The predicted molar refractivity (Wildman–Crippen MR) is 221 cm³/mol. The zero-order valence-corrected chi connectivity index (χ0v) is 29.3. The summed E-state index contributed by atoms with van der Waals surface area (Å²) < 4.78 is 8.82. The Hall–Kier alpha value is -6.71. The van der Waals surface area contributed by atoms with Gasteiger partial charge in [0.1, 0.15) is 11.2 Å². The van der Waals surface area contributed by atoms with E-state index in [0.717, 1.165) is 49.7 Å². The van der Waals surface area contributed by atoms with Crippen molar-refractivity contribution in [2.45, 2.75) is 19.3 Å². The number of pyridine rings is 1. The molecule has 0 fully saturated rings. The van der Waals surface area contributed by atoms with Gasteiger partial charge in [0.25, 0.3) is 0 Å². The van der Waals surface area contributed by atoms with Gasteiger partial charge in [-0.1, -0.05) is 123 Å². The SMILES string of the molecule is CC1(C)c2cc3c(cc2-c2c1ccc1c4ccccc4c4ccccc4c21)c1cnccc1n3-c1ccc(-c2cccc3c2oc2ccccc23)cc1. The molecule has 0 radical (unpaired) electrons. The maximum atomic E-state index is 6.40. The van der Waals surface area contributed by atoms with Crippen molar-refractivity contribution in [3.63, 3.8) is 0 Å². The Bertz CT molecular complexity index is 3320. The molecule has 53 heavy (non-hydrogen) atoms. The van der Waals surface area contributed by atoms with Gasteiger partial charge in [0.15, 0.2) is 0 Å². The van der Waals surface area contributed by atoms with E-state index < -0.39 is 0 Å². The normalized spacial score (nSPS) is 13.6. The topological polar surface area (TPSA) is 31.0 Å².